The Morgan fingerprint density at radius 3 is 2.89 bits per heavy atom. The van der Waals surface area contributed by atoms with Gasteiger partial charge in [-0.3, -0.25) is 4.79 Å². The lowest BCUT2D eigenvalue weighted by atomic mass is 10.4. The molecule has 1 fully saturated rings. The van der Waals surface area contributed by atoms with Crippen molar-refractivity contribution >= 4 is 35.1 Å². The van der Waals surface area contributed by atoms with Crippen LogP contribution in [0.2, 0.25) is 0 Å². The third-order valence-corrected chi connectivity index (χ3v) is 3.20. The molecule has 18 heavy (non-hydrogen) atoms. The van der Waals surface area contributed by atoms with Crippen LogP contribution in [-0.2, 0) is 16.1 Å². The number of carbonyl (C=O) groups excluding carboxylic acids is 1. The number of nitrogens with zero attached hydrogens (tertiary/aromatic N) is 4. The van der Waals surface area contributed by atoms with Crippen LogP contribution in [0.5, 0.6) is 0 Å². The number of esters is 1. The summed E-state index contributed by atoms with van der Waals surface area (Å²) in [5.41, 5.74) is 0. The minimum atomic E-state index is -1.01. The van der Waals surface area contributed by atoms with E-state index in [9.17, 15) is 14.9 Å². The molecule has 2 rings (SSSR count). The van der Waals surface area contributed by atoms with Gasteiger partial charge in [0.1, 0.15) is 10.9 Å². The molecule has 0 radical (unpaired) electrons. The molecule has 0 amide bonds. The van der Waals surface area contributed by atoms with Gasteiger partial charge in [0.05, 0.1) is 12.5 Å². The second-order valence-corrected chi connectivity index (χ2v) is 5.29. The van der Waals surface area contributed by atoms with E-state index < -0.39 is 27.1 Å². The average molecular weight is 295 g/mol. The van der Waals surface area contributed by atoms with E-state index in [1.165, 1.54) is 11.0 Å². The predicted molar refractivity (Wildman–Crippen MR) is 60.2 cm³/mol. The summed E-state index contributed by atoms with van der Waals surface area (Å²) in [4.78, 5) is 24.4. The SMILES string of the molecule is O=C(OCCn1cnc([N+](=O)[O-])n1)[C@@H]1CC1(Cl)Cl. The van der Waals surface area contributed by atoms with Gasteiger partial charge in [-0.15, -0.1) is 23.2 Å². The molecule has 98 valence electrons. The molecule has 0 aromatic carbocycles. The van der Waals surface area contributed by atoms with E-state index in [0.717, 1.165) is 0 Å². The molecule has 1 atom stereocenters. The number of alkyl halides is 2. The van der Waals surface area contributed by atoms with E-state index in [-0.39, 0.29) is 13.2 Å². The number of nitro groups is 1. The smallest absolute Gasteiger partial charge is 0.463 e. The number of aromatic nitrogens is 3. The van der Waals surface area contributed by atoms with E-state index in [4.69, 9.17) is 27.9 Å². The summed E-state index contributed by atoms with van der Waals surface area (Å²) in [5, 5.41) is 13.9. The van der Waals surface area contributed by atoms with Gasteiger partial charge in [-0.2, -0.15) is 4.68 Å². The van der Waals surface area contributed by atoms with E-state index in [1.54, 1.807) is 0 Å². The number of rotatable bonds is 5. The van der Waals surface area contributed by atoms with Crippen LogP contribution < -0.4 is 0 Å². The van der Waals surface area contributed by atoms with Crippen LogP contribution in [-0.4, -0.2) is 36.6 Å². The van der Waals surface area contributed by atoms with Crippen molar-refractivity contribution in [2.24, 2.45) is 5.92 Å². The van der Waals surface area contributed by atoms with Crippen LogP contribution in [0.3, 0.4) is 0 Å². The highest BCUT2D eigenvalue weighted by molar-refractivity contribution is 6.52. The van der Waals surface area contributed by atoms with Gasteiger partial charge in [-0.1, -0.05) is 4.98 Å². The molecule has 0 N–H and O–H groups in total. The fourth-order valence-corrected chi connectivity index (χ4v) is 1.77. The van der Waals surface area contributed by atoms with Gasteiger partial charge >= 0.3 is 11.9 Å². The van der Waals surface area contributed by atoms with Crippen LogP contribution in [0.25, 0.3) is 0 Å². The number of ether oxygens (including phenoxy) is 1. The van der Waals surface area contributed by atoms with Crippen LogP contribution in [0.4, 0.5) is 5.95 Å². The Morgan fingerprint density at radius 2 is 2.39 bits per heavy atom. The van der Waals surface area contributed by atoms with E-state index >= 15 is 0 Å². The highest BCUT2D eigenvalue weighted by Gasteiger charge is 2.57. The Balaban J connectivity index is 1.75. The van der Waals surface area contributed by atoms with Crippen molar-refractivity contribution in [3.05, 3.63) is 16.4 Å². The highest BCUT2D eigenvalue weighted by atomic mass is 35.5. The summed E-state index contributed by atoms with van der Waals surface area (Å²) in [6.07, 6.45) is 1.57. The average Bonchev–Trinajstić information content (AvgIpc) is 2.75. The Morgan fingerprint density at radius 1 is 1.72 bits per heavy atom. The zero-order valence-corrected chi connectivity index (χ0v) is 10.5. The number of carbonyl (C=O) groups is 1. The Hall–Kier alpha value is -1.41. The summed E-state index contributed by atoms with van der Waals surface area (Å²) < 4.78 is 5.11. The van der Waals surface area contributed by atoms with Crippen molar-refractivity contribution in [3.63, 3.8) is 0 Å². The zero-order chi connectivity index (χ0) is 13.3. The van der Waals surface area contributed by atoms with Crippen LogP contribution in [0, 0.1) is 16.0 Å². The maximum atomic E-state index is 11.4. The van der Waals surface area contributed by atoms with Crippen LogP contribution >= 0.6 is 23.2 Å². The first-order chi connectivity index (χ1) is 8.40. The molecule has 0 bridgehead atoms. The summed E-state index contributed by atoms with van der Waals surface area (Å²) in [7, 11) is 0. The van der Waals surface area contributed by atoms with Gasteiger partial charge in [0.15, 0.2) is 0 Å². The van der Waals surface area contributed by atoms with E-state index in [2.05, 4.69) is 10.1 Å². The van der Waals surface area contributed by atoms with Crippen LogP contribution in [0.15, 0.2) is 6.33 Å². The Labute approximate surface area is 111 Å². The molecule has 8 nitrogen and oxygen atoms in total. The van der Waals surface area contributed by atoms with Gasteiger partial charge < -0.3 is 14.9 Å². The van der Waals surface area contributed by atoms with Gasteiger partial charge in [0.25, 0.3) is 0 Å². The molecule has 1 saturated carbocycles. The second kappa shape index (κ2) is 4.69. The largest absolute Gasteiger partial charge is 0.490 e. The highest BCUT2D eigenvalue weighted by Crippen LogP contribution is 2.53. The lowest BCUT2D eigenvalue weighted by Crippen LogP contribution is -2.15. The molecule has 1 aromatic rings. The first kappa shape index (κ1) is 13.0. The molecule has 0 aliphatic heterocycles. The van der Waals surface area contributed by atoms with E-state index in [1.807, 2.05) is 0 Å². The zero-order valence-electron chi connectivity index (χ0n) is 8.95. The molecule has 1 heterocycles. The standard InChI is InChI=1S/C8H8Cl2N4O4/c9-8(10)3-5(8)6(15)18-2-1-13-4-11-7(12-13)14(16)17/h4-5H,1-3H2/t5-/m0/s1. The maximum Gasteiger partial charge on any atom is 0.490 e. The predicted octanol–water partition coefficient (Wildman–Crippen LogP) is 0.923. The maximum absolute atomic E-state index is 11.4. The molecular weight excluding hydrogens is 287 g/mol. The minimum absolute atomic E-state index is 0.0275. The number of hydrogen-bond donors (Lipinski definition) is 0. The first-order valence-corrected chi connectivity index (χ1v) is 5.74. The molecule has 1 aliphatic carbocycles. The van der Waals surface area contributed by atoms with Crippen molar-refractivity contribution in [2.75, 3.05) is 6.61 Å². The van der Waals surface area contributed by atoms with Crippen molar-refractivity contribution in [1.29, 1.82) is 0 Å². The Bertz CT molecular complexity index is 489. The number of halogens is 2. The third kappa shape index (κ3) is 2.88. The summed E-state index contributed by atoms with van der Waals surface area (Å²) in [5.74, 6) is -1.47. The second-order valence-electron chi connectivity index (χ2n) is 3.75. The fourth-order valence-electron chi connectivity index (χ4n) is 1.29. The molecule has 0 saturated heterocycles. The van der Waals surface area contributed by atoms with Gasteiger partial charge in [-0.25, -0.2) is 0 Å². The molecule has 0 unspecified atom stereocenters. The fraction of sp³-hybridized carbons (Fsp3) is 0.625. The van der Waals surface area contributed by atoms with Crippen molar-refractivity contribution in [3.8, 4) is 0 Å². The summed E-state index contributed by atoms with van der Waals surface area (Å²) >= 11 is 11.4. The van der Waals surface area contributed by atoms with Crippen LogP contribution in [0.1, 0.15) is 6.42 Å². The molecule has 1 aromatic heterocycles. The minimum Gasteiger partial charge on any atom is -0.463 e. The normalized spacial score (nSPS) is 20.4. The van der Waals surface area contributed by atoms with Gasteiger partial charge in [0, 0.05) is 5.10 Å². The Kier molecular flexibility index (Phi) is 3.40. The molecule has 10 heteroatoms. The van der Waals surface area contributed by atoms with Crippen molar-refractivity contribution in [2.45, 2.75) is 17.3 Å². The quantitative estimate of drug-likeness (QED) is 0.346. The monoisotopic (exact) mass is 294 g/mol. The molecule has 0 spiro atoms. The van der Waals surface area contributed by atoms with Gasteiger partial charge in [-0.05, 0) is 11.3 Å². The topological polar surface area (TPSA) is 100 Å². The van der Waals surface area contributed by atoms with Gasteiger partial charge in [0.2, 0.25) is 6.33 Å². The van der Waals surface area contributed by atoms with Crippen molar-refractivity contribution < 1.29 is 14.5 Å². The number of hydrogen-bond acceptors (Lipinski definition) is 6. The first-order valence-electron chi connectivity index (χ1n) is 4.98. The van der Waals surface area contributed by atoms with Crippen molar-refractivity contribution in [1.82, 2.24) is 14.8 Å². The summed E-state index contributed by atoms with van der Waals surface area (Å²) in [6.45, 7) is 0.205. The molecular formula is C8H8Cl2N4O4. The lowest BCUT2D eigenvalue weighted by molar-refractivity contribution is -0.394. The third-order valence-electron chi connectivity index (χ3n) is 2.36. The molecule has 1 aliphatic rings. The van der Waals surface area contributed by atoms with E-state index in [0.29, 0.717) is 6.42 Å². The summed E-state index contributed by atoms with van der Waals surface area (Å²) in [6, 6.07) is 0. The lowest BCUT2D eigenvalue weighted by Gasteiger charge is -2.02.